The maximum atomic E-state index is 12.7. The van der Waals surface area contributed by atoms with Crippen LogP contribution in [0.4, 0.5) is 39.9 Å². The summed E-state index contributed by atoms with van der Waals surface area (Å²) in [6.07, 6.45) is 27.4. The first kappa shape index (κ1) is 101. The number of sulfone groups is 5. The fourth-order valence-electron chi connectivity index (χ4n) is 16.6. The Balaban J connectivity index is 0.000000141. The van der Waals surface area contributed by atoms with Crippen LogP contribution in [0.5, 0.6) is 0 Å². The molecule has 8 aliphatic heterocycles. The Bertz CT molecular complexity index is 5780. The molecule has 32 nitrogen and oxygen atoms in total. The van der Waals surface area contributed by atoms with Crippen LogP contribution in [0.15, 0.2) is 134 Å². The van der Waals surface area contributed by atoms with Crippen LogP contribution in [0.1, 0.15) is 223 Å². The number of nitrogens with zero attached hydrogens (tertiary/aromatic N) is 8. The summed E-state index contributed by atoms with van der Waals surface area (Å²) in [5.74, 6) is 2.21. The van der Waals surface area contributed by atoms with E-state index in [1.165, 1.54) is 31.3 Å². The molecule has 0 amide bonds. The highest BCUT2D eigenvalue weighted by Gasteiger charge is 2.30. The van der Waals surface area contributed by atoms with Gasteiger partial charge in [-0.2, -0.15) is 5.10 Å². The SMILES string of the molecule is CS(=O)(=O)c1cc(C2CCCCO2)ccc1N.CS(=O)(=O)c1cc([C@@H]2CCCCO2)ccc1N.CS(=O)(=O)c1cc([C@H]2CCCCO2)ccc1N.CS(=O)(=O)c1cc([C@H]2CCCCO2)ccc1N.Cc1nc2c(Cl)cc(Cl)nc2n1C1CCCCO1.Cc1nc2c(Nc3ccc(C4CCCCO4)cc3S(C)(=O)=O)cc(Cl)nc2n1C1CCCCO1.Nc1cc2n(n1)CCOC2. The van der Waals surface area contributed by atoms with Crippen molar-refractivity contribution in [1.82, 2.24) is 38.9 Å². The molecule has 708 valence electrons. The average molecular weight is 1950 g/mol. The molecule has 5 aromatic carbocycles. The zero-order valence-corrected chi connectivity index (χ0v) is 80.7. The predicted molar refractivity (Wildman–Crippen MR) is 505 cm³/mol. The lowest BCUT2D eigenvalue weighted by molar-refractivity contribution is -0.0310. The Labute approximate surface area is 776 Å². The molecule has 0 radical (unpaired) electrons. The summed E-state index contributed by atoms with van der Waals surface area (Å²) in [4.78, 5) is 19.1. The van der Waals surface area contributed by atoms with Crippen LogP contribution in [0.25, 0.3) is 22.3 Å². The third-order valence-electron chi connectivity index (χ3n) is 23.2. The molecule has 8 aliphatic rings. The zero-order chi connectivity index (χ0) is 93.4. The third kappa shape index (κ3) is 27.0. The third-order valence-corrected chi connectivity index (χ3v) is 29.6. The number of nitrogens with two attached hydrogens (primary N) is 5. The number of nitrogens with one attached hydrogen (secondary N) is 1. The van der Waals surface area contributed by atoms with Crippen molar-refractivity contribution in [2.75, 3.05) is 118 Å². The highest BCUT2D eigenvalue weighted by atomic mass is 35.5. The van der Waals surface area contributed by atoms with Gasteiger partial charge in [0.25, 0.3) is 0 Å². The Morgan fingerprint density at radius 1 is 0.354 bits per heavy atom. The molecule has 40 heteroatoms. The number of fused-ring (bicyclic) bond motifs is 3. The van der Waals surface area contributed by atoms with Crippen LogP contribution in [0, 0.1) is 13.8 Å². The van der Waals surface area contributed by atoms with Gasteiger partial charge in [0, 0.05) is 89.7 Å². The molecular weight excluding hydrogens is 1830 g/mol. The minimum atomic E-state index is -3.51. The predicted octanol–water partition coefficient (Wildman–Crippen LogP) is 16.9. The average Bonchev–Trinajstić information content (AvgIpc) is 1.57. The molecule has 13 heterocycles. The summed E-state index contributed by atoms with van der Waals surface area (Å²) >= 11 is 18.5. The van der Waals surface area contributed by atoms with Gasteiger partial charge >= 0.3 is 0 Å². The van der Waals surface area contributed by atoms with E-state index in [0.29, 0.717) is 97.4 Å². The van der Waals surface area contributed by atoms with Crippen molar-refractivity contribution in [3.05, 3.63) is 170 Å². The molecule has 11 N–H and O–H groups in total. The highest BCUT2D eigenvalue weighted by molar-refractivity contribution is 7.92. The second-order valence-corrected chi connectivity index (χ2v) is 44.6. The second-order valence-electron chi connectivity index (χ2n) is 33.5. The fourth-order valence-corrected chi connectivity index (χ4v) is 21.5. The summed E-state index contributed by atoms with van der Waals surface area (Å²) in [5.41, 5.74) is 38.7. The molecule has 130 heavy (non-hydrogen) atoms. The first-order valence-corrected chi connectivity index (χ1v) is 54.3. The van der Waals surface area contributed by atoms with Crippen molar-refractivity contribution >= 4 is 146 Å². The van der Waals surface area contributed by atoms with Gasteiger partial charge in [0.1, 0.15) is 51.3 Å². The number of nitrogen functional groups attached to an aromatic ring is 5. The van der Waals surface area contributed by atoms with E-state index in [1.54, 1.807) is 72.8 Å². The van der Waals surface area contributed by atoms with E-state index in [-0.39, 0.29) is 67.5 Å². The van der Waals surface area contributed by atoms with Gasteiger partial charge in [-0.3, -0.25) is 13.8 Å². The van der Waals surface area contributed by atoms with Crippen LogP contribution in [0.2, 0.25) is 15.3 Å². The summed E-state index contributed by atoms with van der Waals surface area (Å²) in [7, 11) is -16.6. The number of halogens is 3. The molecule has 0 saturated carbocycles. The first-order valence-electron chi connectivity index (χ1n) is 43.7. The van der Waals surface area contributed by atoms with Gasteiger partial charge in [-0.15, -0.1) is 0 Å². The number of hydrogen-bond donors (Lipinski definition) is 6. The molecule has 5 aromatic heterocycles. The van der Waals surface area contributed by atoms with Crippen LogP contribution in [0.3, 0.4) is 0 Å². The Morgan fingerprint density at radius 2 is 0.669 bits per heavy atom. The lowest BCUT2D eigenvalue weighted by Gasteiger charge is -2.25. The Kier molecular flexibility index (Phi) is 34.9. The smallest absolute Gasteiger partial charge is 0.177 e. The summed E-state index contributed by atoms with van der Waals surface area (Å²) in [6, 6.07) is 31.1. The molecular formula is C90H119Cl3N14O18S5. The molecule has 4 unspecified atom stereocenters. The zero-order valence-electron chi connectivity index (χ0n) is 74.3. The molecule has 7 atom stereocenters. The van der Waals surface area contributed by atoms with Crippen molar-refractivity contribution in [2.24, 2.45) is 0 Å². The van der Waals surface area contributed by atoms with Crippen LogP contribution in [-0.4, -0.2) is 165 Å². The number of benzene rings is 5. The molecule has 7 fully saturated rings. The quantitative estimate of drug-likeness (QED) is 0.0435. The number of imidazole rings is 2. The number of aryl methyl sites for hydroxylation is 2. The standard InChI is InChI=1S/C24H29ClN4O4S.C12H13Cl2N3O.4C12H17NO3S.C6H9N3O/c1-15-26-23-18(14-21(25)28-24(23)29(15)22-8-4-6-12-33-22)27-17-10-9-16(13-20(17)34(2,30)31)19-7-3-5-11-32-19;1-7-15-11-8(13)6-9(14)16-12(11)17(7)10-4-2-3-5-18-10;4*1-17(14,15)12-8-9(5-6-10(12)13)11-4-2-3-7-16-11;7-6-3-5-4-10-2-1-9(5)8-6/h9-10,13-14,19,22H,3-8,11-12H2,1-2H3,(H,27,28);6,10H,2-5H2,1H3;4*5-6,8,11H,2-4,7,13H2,1H3;3H,1-2,4H2,(H2,7,8)/t;;3*11-;;/m..110../s1. The van der Waals surface area contributed by atoms with Gasteiger partial charge in [-0.25, -0.2) is 62.0 Å². The normalized spacial score (nSPS) is 21.0. The van der Waals surface area contributed by atoms with Gasteiger partial charge in [0.2, 0.25) is 0 Å². The van der Waals surface area contributed by atoms with E-state index < -0.39 is 49.2 Å². The minimum absolute atomic E-state index is 0.00449. The Morgan fingerprint density at radius 3 is 0.992 bits per heavy atom. The van der Waals surface area contributed by atoms with E-state index in [2.05, 4.69) is 25.4 Å². The van der Waals surface area contributed by atoms with Gasteiger partial charge in [0.15, 0.2) is 60.5 Å². The van der Waals surface area contributed by atoms with Crippen LogP contribution >= 0.6 is 34.8 Å². The van der Waals surface area contributed by atoms with Crippen molar-refractivity contribution < 1.29 is 80.0 Å². The monoisotopic (exact) mass is 1950 g/mol. The van der Waals surface area contributed by atoms with Crippen LogP contribution in [-0.2, 0) is 100 Å². The summed E-state index contributed by atoms with van der Waals surface area (Å²) in [5, 5.41) is 8.54. The molecule has 0 aliphatic carbocycles. The maximum absolute atomic E-state index is 12.7. The van der Waals surface area contributed by atoms with E-state index >= 15 is 0 Å². The lowest BCUT2D eigenvalue weighted by atomic mass is 10.0. The number of ether oxygens (including phenoxy) is 8. The highest BCUT2D eigenvalue weighted by Crippen LogP contribution is 2.41. The first-order chi connectivity index (χ1) is 61.8. The second kappa shape index (κ2) is 45.1. The molecule has 10 aromatic rings. The minimum Gasteiger partial charge on any atom is -0.398 e. The molecule has 0 spiro atoms. The van der Waals surface area contributed by atoms with Gasteiger partial charge in [-0.05, 0) is 243 Å². The largest absolute Gasteiger partial charge is 0.398 e. The molecule has 0 bridgehead atoms. The van der Waals surface area contributed by atoms with Gasteiger partial charge < -0.3 is 71.9 Å². The number of aromatic nitrogens is 8. The van der Waals surface area contributed by atoms with Crippen molar-refractivity contribution in [3.63, 3.8) is 0 Å². The lowest BCUT2D eigenvalue weighted by Crippen LogP contribution is -2.19. The van der Waals surface area contributed by atoms with E-state index in [9.17, 15) is 42.1 Å². The van der Waals surface area contributed by atoms with Gasteiger partial charge in [-0.1, -0.05) is 65.1 Å². The summed E-state index contributed by atoms with van der Waals surface area (Å²) in [6.45, 7) is 11.2. The van der Waals surface area contributed by atoms with E-state index in [1.807, 2.05) is 64.1 Å². The van der Waals surface area contributed by atoms with Crippen LogP contribution < -0.4 is 34.0 Å². The number of hydrogen-bond acceptors (Lipinski definition) is 29. The number of anilines is 7. The molecule has 7 saturated heterocycles. The van der Waals surface area contributed by atoms with Crippen molar-refractivity contribution in [1.29, 1.82) is 0 Å². The van der Waals surface area contributed by atoms with Gasteiger partial charge in [0.05, 0.1) is 120 Å². The number of pyridine rings is 2. The fraction of sp³-hybridized carbons (Fsp3) is 0.500. The Hall–Kier alpha value is -8.35. The number of rotatable bonds is 14. The topological polar surface area (TPSA) is 466 Å². The van der Waals surface area contributed by atoms with Crippen molar-refractivity contribution in [2.45, 2.75) is 229 Å². The van der Waals surface area contributed by atoms with E-state index in [0.717, 1.165) is 226 Å². The van der Waals surface area contributed by atoms with Crippen molar-refractivity contribution in [3.8, 4) is 0 Å². The maximum Gasteiger partial charge on any atom is 0.177 e. The molecule has 18 rings (SSSR count). The summed E-state index contributed by atoms with van der Waals surface area (Å²) < 4.78 is 169. The van der Waals surface area contributed by atoms with E-state index in [4.69, 9.17) is 106 Å².